The van der Waals surface area contributed by atoms with Crippen LogP contribution in [0.4, 0.5) is 4.79 Å². The van der Waals surface area contributed by atoms with E-state index in [1.54, 1.807) is 30.3 Å². The van der Waals surface area contributed by atoms with Gasteiger partial charge in [0.25, 0.3) is 10.1 Å². The Morgan fingerprint density at radius 3 is 2.43 bits per heavy atom. The van der Waals surface area contributed by atoms with Gasteiger partial charge in [0.05, 0.1) is 5.75 Å². The quantitative estimate of drug-likeness (QED) is 0.667. The van der Waals surface area contributed by atoms with E-state index in [9.17, 15) is 18.0 Å². The third-order valence-corrected chi connectivity index (χ3v) is 3.59. The molecule has 3 N–H and O–H groups in total. The summed E-state index contributed by atoms with van der Waals surface area (Å²) in [5.74, 6) is -1.35. The fraction of sp³-hybridized carbons (Fsp3) is 0.429. The second-order valence-electron chi connectivity index (χ2n) is 4.76. The third kappa shape index (κ3) is 7.73. The summed E-state index contributed by atoms with van der Waals surface area (Å²) in [6, 6.07) is 8.83. The number of benzene rings is 1. The Morgan fingerprint density at radius 2 is 1.87 bits per heavy atom. The lowest BCUT2D eigenvalue weighted by molar-refractivity contribution is -0.129. The van der Waals surface area contributed by atoms with Crippen molar-refractivity contribution in [2.75, 3.05) is 18.8 Å². The summed E-state index contributed by atoms with van der Waals surface area (Å²) in [6.07, 6.45) is -0.616. The fourth-order valence-corrected chi connectivity index (χ4v) is 2.12. The first-order valence-electron chi connectivity index (χ1n) is 7.00. The van der Waals surface area contributed by atoms with Crippen LogP contribution in [0.2, 0.25) is 0 Å². The molecule has 1 rings (SSSR count). The molecule has 9 heteroatoms. The van der Waals surface area contributed by atoms with Gasteiger partial charge in [0.2, 0.25) is 5.91 Å². The molecule has 0 spiro atoms. The molecule has 0 bridgehead atoms. The third-order valence-electron chi connectivity index (χ3n) is 2.89. The Bertz CT molecular complexity index is 617. The van der Waals surface area contributed by atoms with E-state index >= 15 is 0 Å². The monoisotopic (exact) mass is 344 g/mol. The van der Waals surface area contributed by atoms with Crippen LogP contribution >= 0.6 is 0 Å². The van der Waals surface area contributed by atoms with Gasteiger partial charge in [-0.1, -0.05) is 30.3 Å². The maximum atomic E-state index is 12.0. The molecule has 0 saturated carbocycles. The number of nitrogens with zero attached hydrogens (tertiary/aromatic N) is 1. The fourth-order valence-electron chi connectivity index (χ4n) is 1.71. The molecule has 0 atom stereocenters. The first-order chi connectivity index (χ1) is 10.8. The summed E-state index contributed by atoms with van der Waals surface area (Å²) in [5.41, 5.74) is 6.03. The van der Waals surface area contributed by atoms with Crippen LogP contribution in [0, 0.1) is 0 Å². The van der Waals surface area contributed by atoms with Gasteiger partial charge >= 0.3 is 6.09 Å². The molecule has 1 aromatic carbocycles. The van der Waals surface area contributed by atoms with E-state index in [0.717, 1.165) is 5.56 Å². The number of hydrogen-bond donors (Lipinski definition) is 2. The molecule has 0 unspecified atom stereocenters. The van der Waals surface area contributed by atoms with Gasteiger partial charge in [0.1, 0.15) is 6.61 Å². The van der Waals surface area contributed by atoms with Gasteiger partial charge in [0.15, 0.2) is 0 Å². The number of amides is 2. The molecule has 2 amide bonds. The number of carbonyl (C=O) groups excluding carboxylic acids is 2. The molecule has 128 valence electrons. The van der Waals surface area contributed by atoms with Crippen LogP contribution in [-0.2, 0) is 26.3 Å². The van der Waals surface area contributed by atoms with E-state index in [1.807, 2.05) is 0 Å². The van der Waals surface area contributed by atoms with Gasteiger partial charge in [-0.3, -0.25) is 9.35 Å². The minimum atomic E-state index is -4.30. The van der Waals surface area contributed by atoms with Crippen molar-refractivity contribution in [3.63, 3.8) is 0 Å². The first-order valence-corrected chi connectivity index (χ1v) is 8.60. The van der Waals surface area contributed by atoms with Crippen LogP contribution in [0.25, 0.3) is 0 Å². The zero-order chi connectivity index (χ0) is 17.3. The van der Waals surface area contributed by atoms with Crippen LogP contribution < -0.4 is 5.73 Å². The highest BCUT2D eigenvalue weighted by Crippen LogP contribution is 2.06. The predicted octanol–water partition coefficient (Wildman–Crippen LogP) is 0.779. The normalized spacial score (nSPS) is 11.0. The number of ether oxygens (including phenoxy) is 1. The molecule has 0 aliphatic carbocycles. The summed E-state index contributed by atoms with van der Waals surface area (Å²) in [5, 5.41) is 0. The predicted molar refractivity (Wildman–Crippen MR) is 83.0 cm³/mol. The van der Waals surface area contributed by atoms with Crippen molar-refractivity contribution in [3.05, 3.63) is 35.9 Å². The lowest BCUT2D eigenvalue weighted by Crippen LogP contribution is -2.40. The van der Waals surface area contributed by atoms with Crippen LogP contribution in [-0.4, -0.2) is 48.7 Å². The summed E-state index contributed by atoms with van der Waals surface area (Å²) >= 11 is 0. The van der Waals surface area contributed by atoms with Crippen LogP contribution in [0.5, 0.6) is 0 Å². The second-order valence-corrected chi connectivity index (χ2v) is 6.34. The SMILES string of the molecule is NCCCC(=O)N(CCS(=O)(=O)O)C(=O)OCc1ccccc1. The van der Waals surface area contributed by atoms with E-state index in [0.29, 0.717) is 11.3 Å². The summed E-state index contributed by atoms with van der Waals surface area (Å²) in [7, 11) is -4.30. The maximum Gasteiger partial charge on any atom is 0.416 e. The highest BCUT2D eigenvalue weighted by molar-refractivity contribution is 7.85. The minimum Gasteiger partial charge on any atom is -0.444 e. The Kier molecular flexibility index (Phi) is 7.66. The van der Waals surface area contributed by atoms with E-state index in [-0.39, 0.29) is 19.6 Å². The molecule has 0 saturated heterocycles. The summed E-state index contributed by atoms with van der Waals surface area (Å²) < 4.78 is 35.4. The zero-order valence-corrected chi connectivity index (χ0v) is 13.4. The van der Waals surface area contributed by atoms with Gasteiger partial charge in [-0.15, -0.1) is 0 Å². The van der Waals surface area contributed by atoms with Gasteiger partial charge < -0.3 is 10.5 Å². The Balaban J connectivity index is 2.68. The number of nitrogens with two attached hydrogens (primary N) is 1. The molecular weight excluding hydrogens is 324 g/mol. The highest BCUT2D eigenvalue weighted by atomic mass is 32.2. The summed E-state index contributed by atoms with van der Waals surface area (Å²) in [6.45, 7) is -0.265. The Labute approximate surface area is 135 Å². The molecule has 0 aliphatic rings. The second kappa shape index (κ2) is 9.23. The number of rotatable bonds is 8. The number of imide groups is 1. The van der Waals surface area contributed by atoms with Crippen LogP contribution in [0.1, 0.15) is 18.4 Å². The van der Waals surface area contributed by atoms with Crippen LogP contribution in [0.15, 0.2) is 30.3 Å². The van der Waals surface area contributed by atoms with Crippen molar-refractivity contribution in [1.29, 1.82) is 0 Å². The topological polar surface area (TPSA) is 127 Å². The van der Waals surface area contributed by atoms with Crippen molar-refractivity contribution in [2.24, 2.45) is 5.73 Å². The largest absolute Gasteiger partial charge is 0.444 e. The molecule has 23 heavy (non-hydrogen) atoms. The molecule has 0 fully saturated rings. The van der Waals surface area contributed by atoms with E-state index in [4.69, 9.17) is 15.0 Å². The van der Waals surface area contributed by atoms with Gasteiger partial charge in [-0.05, 0) is 18.5 Å². The first kappa shape index (κ1) is 19.1. The van der Waals surface area contributed by atoms with Crippen molar-refractivity contribution >= 4 is 22.1 Å². The van der Waals surface area contributed by atoms with Crippen molar-refractivity contribution in [3.8, 4) is 0 Å². The van der Waals surface area contributed by atoms with Crippen molar-refractivity contribution in [1.82, 2.24) is 4.90 Å². The Morgan fingerprint density at radius 1 is 1.22 bits per heavy atom. The van der Waals surface area contributed by atoms with E-state index in [1.165, 1.54) is 0 Å². The lowest BCUT2D eigenvalue weighted by atomic mass is 10.2. The van der Waals surface area contributed by atoms with Gasteiger partial charge in [-0.25, -0.2) is 9.69 Å². The standard InChI is InChI=1S/C14H20N2O6S/c15-8-4-7-13(17)16(9-10-23(19,20)21)14(18)22-11-12-5-2-1-3-6-12/h1-3,5-6H,4,7-11,15H2,(H,19,20,21). The molecule has 0 aromatic heterocycles. The van der Waals surface area contributed by atoms with Crippen molar-refractivity contribution < 1.29 is 27.3 Å². The lowest BCUT2D eigenvalue weighted by Gasteiger charge is -2.19. The minimum absolute atomic E-state index is 0.0115. The van der Waals surface area contributed by atoms with E-state index in [2.05, 4.69) is 0 Å². The number of carbonyl (C=O) groups is 2. The molecule has 0 aliphatic heterocycles. The maximum absolute atomic E-state index is 12.0. The molecule has 0 heterocycles. The average Bonchev–Trinajstić information content (AvgIpc) is 2.51. The molecule has 8 nitrogen and oxygen atoms in total. The highest BCUT2D eigenvalue weighted by Gasteiger charge is 2.24. The van der Waals surface area contributed by atoms with Crippen molar-refractivity contribution in [2.45, 2.75) is 19.4 Å². The molecule has 0 radical (unpaired) electrons. The average molecular weight is 344 g/mol. The Hall–Kier alpha value is -1.97. The van der Waals surface area contributed by atoms with Crippen LogP contribution in [0.3, 0.4) is 0 Å². The van der Waals surface area contributed by atoms with Gasteiger partial charge in [0, 0.05) is 13.0 Å². The van der Waals surface area contributed by atoms with E-state index < -0.39 is 34.4 Å². The zero-order valence-electron chi connectivity index (χ0n) is 12.6. The smallest absolute Gasteiger partial charge is 0.416 e. The van der Waals surface area contributed by atoms with Gasteiger partial charge in [-0.2, -0.15) is 8.42 Å². The molecular formula is C14H20N2O6S. The summed E-state index contributed by atoms with van der Waals surface area (Å²) in [4.78, 5) is 24.7. The number of hydrogen-bond acceptors (Lipinski definition) is 6. The molecule has 1 aromatic rings.